The molecule has 0 radical (unpaired) electrons. The van der Waals surface area contributed by atoms with Gasteiger partial charge in [-0.1, -0.05) is 17.7 Å². The predicted octanol–water partition coefficient (Wildman–Crippen LogP) is 3.75. The average molecular weight is 301 g/mol. The maximum atomic E-state index is 13.2. The van der Waals surface area contributed by atoms with E-state index in [1.165, 1.54) is 17.7 Å². The van der Waals surface area contributed by atoms with E-state index in [4.69, 9.17) is 0 Å². The summed E-state index contributed by atoms with van der Waals surface area (Å²) >= 11 is 0. The zero-order chi connectivity index (χ0) is 15.5. The fraction of sp³-hybridized carbons (Fsp3) is 0.294. The van der Waals surface area contributed by atoms with E-state index in [9.17, 15) is 8.78 Å². The van der Waals surface area contributed by atoms with Crippen molar-refractivity contribution >= 4 is 11.9 Å². The zero-order valence-corrected chi connectivity index (χ0v) is 12.4. The number of piperidine rings is 1. The van der Waals surface area contributed by atoms with Gasteiger partial charge in [0.1, 0.15) is 5.82 Å². The van der Waals surface area contributed by atoms with Crippen LogP contribution in [0.15, 0.2) is 36.2 Å². The third kappa shape index (κ3) is 3.30. The van der Waals surface area contributed by atoms with E-state index in [-0.39, 0.29) is 0 Å². The van der Waals surface area contributed by atoms with Gasteiger partial charge in [-0.3, -0.25) is 4.98 Å². The fourth-order valence-electron chi connectivity index (χ4n) is 2.61. The number of halogens is 2. The lowest BCUT2D eigenvalue weighted by Crippen LogP contribution is -2.31. The van der Waals surface area contributed by atoms with Gasteiger partial charge in [-0.2, -0.15) is 0 Å². The van der Waals surface area contributed by atoms with Gasteiger partial charge in [-0.25, -0.2) is 13.8 Å². The van der Waals surface area contributed by atoms with Gasteiger partial charge in [0.2, 0.25) is 0 Å². The van der Waals surface area contributed by atoms with Crippen LogP contribution in [0.3, 0.4) is 0 Å². The van der Waals surface area contributed by atoms with Crippen LogP contribution in [0.4, 0.5) is 14.6 Å². The van der Waals surface area contributed by atoms with E-state index in [0.29, 0.717) is 5.56 Å². The van der Waals surface area contributed by atoms with Gasteiger partial charge in [-0.05, 0) is 37.5 Å². The first-order chi connectivity index (χ1) is 10.6. The molecule has 1 fully saturated rings. The Morgan fingerprint density at radius 2 is 1.86 bits per heavy atom. The van der Waals surface area contributed by atoms with E-state index >= 15 is 0 Å². The number of hydrogen-bond donors (Lipinski definition) is 0. The largest absolute Gasteiger partial charge is 0.355 e. The minimum Gasteiger partial charge on any atom is -0.355 e. The molecule has 2 heterocycles. The van der Waals surface area contributed by atoms with Crippen LogP contribution in [0.1, 0.15) is 24.1 Å². The van der Waals surface area contributed by atoms with Crippen molar-refractivity contribution in [1.82, 2.24) is 9.97 Å². The average Bonchev–Trinajstić information content (AvgIpc) is 2.52. The third-order valence-corrected chi connectivity index (χ3v) is 3.79. The molecular weight excluding hydrogens is 284 g/mol. The van der Waals surface area contributed by atoms with Crippen molar-refractivity contribution in [3.63, 3.8) is 0 Å². The summed E-state index contributed by atoms with van der Waals surface area (Å²) in [5, 5.41) is 0. The molecule has 1 aliphatic rings. The highest BCUT2D eigenvalue weighted by atomic mass is 19.2. The Hall–Kier alpha value is -2.30. The maximum Gasteiger partial charge on any atom is 0.159 e. The highest BCUT2D eigenvalue weighted by molar-refractivity contribution is 5.54. The molecule has 22 heavy (non-hydrogen) atoms. The number of benzene rings is 1. The molecule has 1 aliphatic heterocycles. The molecular formula is C17H17F2N3. The third-order valence-electron chi connectivity index (χ3n) is 3.79. The molecule has 0 amide bonds. The summed E-state index contributed by atoms with van der Waals surface area (Å²) in [4.78, 5) is 10.8. The number of rotatable bonds is 2. The van der Waals surface area contributed by atoms with Crippen molar-refractivity contribution < 1.29 is 8.78 Å². The van der Waals surface area contributed by atoms with E-state index < -0.39 is 11.6 Å². The van der Waals surface area contributed by atoms with E-state index in [1.54, 1.807) is 18.5 Å². The van der Waals surface area contributed by atoms with Gasteiger partial charge >= 0.3 is 0 Å². The van der Waals surface area contributed by atoms with Crippen molar-refractivity contribution in [1.29, 1.82) is 0 Å². The number of nitrogens with zero attached hydrogens (tertiary/aromatic N) is 3. The standard InChI is InChI=1S/C17H17F2N3/c1-12-10-20-11-17(21-12)22-6-4-13(5-7-22)8-14-2-3-15(18)16(19)9-14/h2-3,8-11H,4-7H2,1H3. The zero-order valence-electron chi connectivity index (χ0n) is 12.4. The van der Waals surface area contributed by atoms with Crippen molar-refractivity contribution in [3.05, 3.63) is 59.1 Å². The van der Waals surface area contributed by atoms with Crippen molar-refractivity contribution in [2.24, 2.45) is 0 Å². The lowest BCUT2D eigenvalue weighted by atomic mass is 10.0. The number of anilines is 1. The number of aryl methyl sites for hydroxylation is 1. The molecule has 2 aromatic rings. The lowest BCUT2D eigenvalue weighted by molar-refractivity contribution is 0.508. The summed E-state index contributed by atoms with van der Waals surface area (Å²) in [7, 11) is 0. The van der Waals surface area contributed by atoms with Crippen LogP contribution in [0.25, 0.3) is 6.08 Å². The van der Waals surface area contributed by atoms with Crippen LogP contribution < -0.4 is 4.90 Å². The summed E-state index contributed by atoms with van der Waals surface area (Å²) in [5.41, 5.74) is 2.85. The second kappa shape index (κ2) is 6.22. The second-order valence-corrected chi connectivity index (χ2v) is 5.48. The first kappa shape index (κ1) is 14.6. The molecule has 0 bridgehead atoms. The molecule has 1 saturated heterocycles. The summed E-state index contributed by atoms with van der Waals surface area (Å²) < 4.78 is 26.2. The van der Waals surface area contributed by atoms with Crippen LogP contribution in [0, 0.1) is 18.6 Å². The summed E-state index contributed by atoms with van der Waals surface area (Å²) in [5.74, 6) is -0.719. The molecule has 0 spiro atoms. The predicted molar refractivity (Wildman–Crippen MR) is 82.6 cm³/mol. The summed E-state index contributed by atoms with van der Waals surface area (Å²) in [6, 6.07) is 4.00. The molecule has 0 atom stereocenters. The molecule has 3 nitrogen and oxygen atoms in total. The highest BCUT2D eigenvalue weighted by Gasteiger charge is 2.15. The van der Waals surface area contributed by atoms with E-state index in [2.05, 4.69) is 14.9 Å². The quantitative estimate of drug-likeness (QED) is 0.846. The van der Waals surface area contributed by atoms with E-state index in [0.717, 1.165) is 37.4 Å². The first-order valence-corrected chi connectivity index (χ1v) is 7.30. The maximum absolute atomic E-state index is 13.2. The number of hydrogen-bond acceptors (Lipinski definition) is 3. The van der Waals surface area contributed by atoms with Crippen molar-refractivity contribution in [3.8, 4) is 0 Å². The Balaban J connectivity index is 1.68. The Bertz CT molecular complexity index is 703. The smallest absolute Gasteiger partial charge is 0.159 e. The molecule has 114 valence electrons. The van der Waals surface area contributed by atoms with Crippen LogP contribution >= 0.6 is 0 Å². The molecule has 0 N–H and O–H groups in total. The topological polar surface area (TPSA) is 29.0 Å². The van der Waals surface area contributed by atoms with Crippen LogP contribution in [-0.2, 0) is 0 Å². The van der Waals surface area contributed by atoms with Gasteiger partial charge in [0.05, 0.1) is 11.9 Å². The molecule has 0 unspecified atom stereocenters. The Morgan fingerprint density at radius 3 is 2.55 bits per heavy atom. The molecule has 0 aliphatic carbocycles. The van der Waals surface area contributed by atoms with Crippen LogP contribution in [0.5, 0.6) is 0 Å². The van der Waals surface area contributed by atoms with Gasteiger partial charge in [0.15, 0.2) is 11.6 Å². The Labute approximate surface area is 128 Å². The van der Waals surface area contributed by atoms with Crippen LogP contribution in [-0.4, -0.2) is 23.1 Å². The van der Waals surface area contributed by atoms with Crippen molar-refractivity contribution in [2.45, 2.75) is 19.8 Å². The number of aromatic nitrogens is 2. The fourth-order valence-corrected chi connectivity index (χ4v) is 2.61. The Kier molecular flexibility index (Phi) is 4.13. The van der Waals surface area contributed by atoms with Gasteiger partial charge in [-0.15, -0.1) is 0 Å². The SMILES string of the molecule is Cc1cncc(N2CCC(=Cc3ccc(F)c(F)c3)CC2)n1. The highest BCUT2D eigenvalue weighted by Crippen LogP contribution is 2.23. The summed E-state index contributed by atoms with van der Waals surface area (Å²) in [6.45, 7) is 3.64. The van der Waals surface area contributed by atoms with Crippen molar-refractivity contribution in [2.75, 3.05) is 18.0 Å². The Morgan fingerprint density at radius 1 is 1.09 bits per heavy atom. The first-order valence-electron chi connectivity index (χ1n) is 7.30. The van der Waals surface area contributed by atoms with Gasteiger partial charge in [0, 0.05) is 19.3 Å². The molecule has 3 rings (SSSR count). The van der Waals surface area contributed by atoms with Crippen LogP contribution in [0.2, 0.25) is 0 Å². The second-order valence-electron chi connectivity index (χ2n) is 5.48. The monoisotopic (exact) mass is 301 g/mol. The molecule has 1 aromatic heterocycles. The van der Waals surface area contributed by atoms with Gasteiger partial charge < -0.3 is 4.90 Å². The molecule has 5 heteroatoms. The molecule has 1 aromatic carbocycles. The minimum absolute atomic E-state index is 0.706. The van der Waals surface area contributed by atoms with Gasteiger partial charge in [0.25, 0.3) is 0 Å². The lowest BCUT2D eigenvalue weighted by Gasteiger charge is -2.29. The minimum atomic E-state index is -0.810. The van der Waals surface area contributed by atoms with E-state index in [1.807, 2.05) is 13.0 Å². The summed E-state index contributed by atoms with van der Waals surface area (Å²) in [6.07, 6.45) is 7.23. The normalized spacial score (nSPS) is 15.0. The molecule has 0 saturated carbocycles.